The molecule has 1 aromatic carbocycles. The number of hydrogen-bond donors (Lipinski definition) is 1. The van der Waals surface area contributed by atoms with Crippen LogP contribution in [0.25, 0.3) is 0 Å². The Morgan fingerprint density at radius 1 is 1.20 bits per heavy atom. The molecule has 0 saturated carbocycles. The maximum atomic E-state index is 12.6. The fourth-order valence-electron chi connectivity index (χ4n) is 3.04. The van der Waals surface area contributed by atoms with Gasteiger partial charge in [-0.15, -0.1) is 11.3 Å². The highest BCUT2D eigenvalue weighted by molar-refractivity contribution is 7.10. The smallest absolute Gasteiger partial charge is 0.254 e. The molecule has 0 aliphatic carbocycles. The van der Waals surface area contributed by atoms with Crippen molar-refractivity contribution in [2.24, 2.45) is 0 Å². The van der Waals surface area contributed by atoms with Crippen LogP contribution in [0.15, 0.2) is 29.6 Å². The van der Waals surface area contributed by atoms with E-state index in [0.29, 0.717) is 0 Å². The zero-order valence-corrected chi connectivity index (χ0v) is 12.0. The van der Waals surface area contributed by atoms with Crippen LogP contribution in [0.3, 0.4) is 0 Å². The van der Waals surface area contributed by atoms with Gasteiger partial charge in [0.05, 0.1) is 0 Å². The van der Waals surface area contributed by atoms with E-state index in [1.165, 1.54) is 21.7 Å². The molecule has 2 aliphatic rings. The fourth-order valence-corrected chi connectivity index (χ4v) is 3.93. The topological polar surface area (TPSA) is 32.3 Å². The Morgan fingerprint density at radius 2 is 2.15 bits per heavy atom. The second-order valence-corrected chi connectivity index (χ2v) is 6.40. The van der Waals surface area contributed by atoms with E-state index < -0.39 is 0 Å². The first kappa shape index (κ1) is 12.0. The summed E-state index contributed by atoms with van der Waals surface area (Å²) in [6, 6.07) is 8.19. The summed E-state index contributed by atoms with van der Waals surface area (Å²) in [5.41, 5.74) is 4.59. The van der Waals surface area contributed by atoms with Crippen LogP contribution in [0.4, 0.5) is 5.69 Å². The number of amides is 1. The van der Waals surface area contributed by atoms with E-state index >= 15 is 0 Å². The van der Waals surface area contributed by atoms with Gasteiger partial charge >= 0.3 is 0 Å². The quantitative estimate of drug-likeness (QED) is 0.873. The van der Waals surface area contributed by atoms with Crippen LogP contribution in [0.5, 0.6) is 0 Å². The zero-order chi connectivity index (χ0) is 13.5. The van der Waals surface area contributed by atoms with Crippen molar-refractivity contribution in [3.63, 3.8) is 0 Å². The Morgan fingerprint density at radius 3 is 3.10 bits per heavy atom. The number of nitrogens with zero attached hydrogens (tertiary/aromatic N) is 1. The first-order chi connectivity index (χ1) is 9.81. The van der Waals surface area contributed by atoms with Gasteiger partial charge in [0.25, 0.3) is 5.91 Å². The monoisotopic (exact) mass is 284 g/mol. The Balaban J connectivity index is 1.59. The number of thiophene rings is 1. The van der Waals surface area contributed by atoms with Crippen LogP contribution in [0.2, 0.25) is 0 Å². The third kappa shape index (κ3) is 1.91. The number of nitrogens with one attached hydrogen (secondary N) is 1. The minimum Gasteiger partial charge on any atom is -0.384 e. The summed E-state index contributed by atoms with van der Waals surface area (Å²) < 4.78 is 0. The first-order valence-electron chi connectivity index (χ1n) is 7.02. The number of rotatable bonds is 1. The van der Waals surface area contributed by atoms with Gasteiger partial charge in [-0.25, -0.2) is 0 Å². The lowest BCUT2D eigenvalue weighted by molar-refractivity contribution is 0.0736. The van der Waals surface area contributed by atoms with E-state index in [1.807, 2.05) is 17.0 Å². The Kier molecular flexibility index (Phi) is 2.77. The SMILES string of the molecule is O=C(c1ccc2c(c1)CCN2)N1CCc2sccc2C1. The second-order valence-electron chi connectivity index (χ2n) is 5.39. The lowest BCUT2D eigenvalue weighted by atomic mass is 10.1. The van der Waals surface area contributed by atoms with Crippen molar-refractivity contribution in [2.45, 2.75) is 19.4 Å². The molecule has 102 valence electrons. The van der Waals surface area contributed by atoms with Crippen LogP contribution in [0.1, 0.15) is 26.4 Å². The summed E-state index contributed by atoms with van der Waals surface area (Å²) >= 11 is 1.80. The fraction of sp³-hybridized carbons (Fsp3) is 0.312. The first-order valence-corrected chi connectivity index (χ1v) is 7.90. The molecule has 1 amide bonds. The predicted octanol–water partition coefficient (Wildman–Crippen LogP) is 2.91. The molecule has 2 aliphatic heterocycles. The number of hydrogen-bond acceptors (Lipinski definition) is 3. The Hall–Kier alpha value is -1.81. The summed E-state index contributed by atoms with van der Waals surface area (Å²) in [5, 5.41) is 5.46. The molecule has 20 heavy (non-hydrogen) atoms. The van der Waals surface area contributed by atoms with Crippen molar-refractivity contribution in [1.82, 2.24) is 4.90 Å². The third-order valence-electron chi connectivity index (χ3n) is 4.16. The average molecular weight is 284 g/mol. The lowest BCUT2D eigenvalue weighted by Crippen LogP contribution is -2.35. The average Bonchev–Trinajstić information content (AvgIpc) is 3.13. The summed E-state index contributed by atoms with van der Waals surface area (Å²) in [5.74, 6) is 0.163. The molecule has 1 aromatic heterocycles. The van der Waals surface area contributed by atoms with Crippen LogP contribution in [0, 0.1) is 0 Å². The molecule has 1 N–H and O–H groups in total. The van der Waals surface area contributed by atoms with Gasteiger partial charge in [-0.1, -0.05) is 0 Å². The van der Waals surface area contributed by atoms with Crippen molar-refractivity contribution in [3.8, 4) is 0 Å². The number of benzene rings is 1. The Bertz CT molecular complexity index is 677. The van der Waals surface area contributed by atoms with Crippen LogP contribution in [-0.2, 0) is 19.4 Å². The second kappa shape index (κ2) is 4.63. The highest BCUT2D eigenvalue weighted by Crippen LogP contribution is 2.27. The van der Waals surface area contributed by atoms with E-state index in [4.69, 9.17) is 0 Å². The molecule has 0 radical (unpaired) electrons. The molecule has 0 bridgehead atoms. The van der Waals surface area contributed by atoms with Crippen molar-refractivity contribution in [2.75, 3.05) is 18.4 Å². The molecule has 3 nitrogen and oxygen atoms in total. The maximum Gasteiger partial charge on any atom is 0.254 e. The summed E-state index contributed by atoms with van der Waals surface area (Å²) in [6.07, 6.45) is 2.01. The predicted molar refractivity (Wildman–Crippen MR) is 81.4 cm³/mol. The normalized spacial score (nSPS) is 16.5. The molecule has 4 rings (SSSR count). The third-order valence-corrected chi connectivity index (χ3v) is 5.18. The lowest BCUT2D eigenvalue weighted by Gasteiger charge is -2.27. The Labute approximate surface area is 122 Å². The molecule has 3 heterocycles. The van der Waals surface area contributed by atoms with E-state index in [0.717, 1.165) is 38.0 Å². The molecule has 4 heteroatoms. The van der Waals surface area contributed by atoms with Gasteiger partial charge in [-0.2, -0.15) is 0 Å². The molecule has 0 fully saturated rings. The zero-order valence-electron chi connectivity index (χ0n) is 11.2. The number of carbonyl (C=O) groups is 1. The van der Waals surface area contributed by atoms with Crippen LogP contribution < -0.4 is 5.32 Å². The van der Waals surface area contributed by atoms with E-state index in [2.05, 4.69) is 22.8 Å². The van der Waals surface area contributed by atoms with Crippen molar-refractivity contribution >= 4 is 22.9 Å². The van der Waals surface area contributed by atoms with Crippen molar-refractivity contribution < 1.29 is 4.79 Å². The molecule has 2 aromatic rings. The number of anilines is 1. The van der Waals surface area contributed by atoms with Gasteiger partial charge in [-0.3, -0.25) is 4.79 Å². The summed E-state index contributed by atoms with van der Waals surface area (Å²) in [7, 11) is 0. The largest absolute Gasteiger partial charge is 0.384 e. The molecule has 0 atom stereocenters. The van der Waals surface area contributed by atoms with Gasteiger partial charge in [0, 0.05) is 35.8 Å². The minimum absolute atomic E-state index is 0.163. The number of carbonyl (C=O) groups excluding carboxylic acids is 1. The molecule has 0 spiro atoms. The van der Waals surface area contributed by atoms with E-state index in [1.54, 1.807) is 11.3 Å². The maximum absolute atomic E-state index is 12.6. The standard InChI is InChI=1S/C16H16N2OS/c19-16(12-1-2-14-11(9-12)3-6-17-14)18-7-4-15-13(10-18)5-8-20-15/h1-2,5,8-9,17H,3-4,6-7,10H2. The van der Waals surface area contributed by atoms with E-state index in [9.17, 15) is 4.79 Å². The van der Waals surface area contributed by atoms with Crippen LogP contribution in [-0.4, -0.2) is 23.9 Å². The highest BCUT2D eigenvalue weighted by Gasteiger charge is 2.23. The molecular formula is C16H16N2OS. The van der Waals surface area contributed by atoms with Gasteiger partial charge in [0.2, 0.25) is 0 Å². The summed E-state index contributed by atoms with van der Waals surface area (Å²) in [4.78, 5) is 16.0. The van der Waals surface area contributed by atoms with Gasteiger partial charge < -0.3 is 10.2 Å². The van der Waals surface area contributed by atoms with Crippen molar-refractivity contribution in [1.29, 1.82) is 0 Å². The molecule has 0 saturated heterocycles. The number of fused-ring (bicyclic) bond motifs is 2. The van der Waals surface area contributed by atoms with Crippen LogP contribution >= 0.6 is 11.3 Å². The minimum atomic E-state index is 0.163. The molecule has 0 unspecified atom stereocenters. The van der Waals surface area contributed by atoms with Gasteiger partial charge in [0.1, 0.15) is 0 Å². The highest BCUT2D eigenvalue weighted by atomic mass is 32.1. The van der Waals surface area contributed by atoms with Gasteiger partial charge in [-0.05, 0) is 53.6 Å². The summed E-state index contributed by atoms with van der Waals surface area (Å²) in [6.45, 7) is 2.57. The van der Waals surface area contributed by atoms with Gasteiger partial charge in [0.15, 0.2) is 0 Å². The van der Waals surface area contributed by atoms with E-state index in [-0.39, 0.29) is 5.91 Å². The molecular weight excluding hydrogens is 268 g/mol. The van der Waals surface area contributed by atoms with Crippen molar-refractivity contribution in [3.05, 3.63) is 51.2 Å².